The van der Waals surface area contributed by atoms with Crippen LogP contribution in [0.2, 0.25) is 15.1 Å². The van der Waals surface area contributed by atoms with Crippen molar-refractivity contribution in [2.24, 2.45) is 0 Å². The van der Waals surface area contributed by atoms with E-state index in [1.807, 2.05) is 18.2 Å². The van der Waals surface area contributed by atoms with Crippen LogP contribution in [0.5, 0.6) is 0 Å². The Morgan fingerprint density at radius 3 is 2.39 bits per heavy atom. The molecule has 1 N–H and O–H groups in total. The van der Waals surface area contributed by atoms with Gasteiger partial charge in [0.2, 0.25) is 0 Å². The number of rotatable bonds is 3. The third-order valence-corrected chi connectivity index (χ3v) is 3.62. The SMILES string of the molecule is OC(Cc1ccc(Cl)c(Cl)c1)c1cccc(Cl)c1. The van der Waals surface area contributed by atoms with E-state index in [1.165, 1.54) is 0 Å². The maximum atomic E-state index is 10.1. The molecule has 18 heavy (non-hydrogen) atoms. The Hall–Kier alpha value is -0.730. The molecule has 0 aromatic heterocycles. The van der Waals surface area contributed by atoms with Crippen LogP contribution in [0.25, 0.3) is 0 Å². The Balaban J connectivity index is 2.16. The number of benzene rings is 2. The van der Waals surface area contributed by atoms with E-state index in [1.54, 1.807) is 24.3 Å². The van der Waals surface area contributed by atoms with Crippen LogP contribution in [-0.2, 0) is 6.42 Å². The summed E-state index contributed by atoms with van der Waals surface area (Å²) < 4.78 is 0. The molecule has 94 valence electrons. The number of aliphatic hydroxyl groups excluding tert-OH is 1. The molecule has 0 amide bonds. The molecule has 0 fully saturated rings. The summed E-state index contributed by atoms with van der Waals surface area (Å²) in [5.74, 6) is 0. The maximum absolute atomic E-state index is 10.1. The van der Waals surface area contributed by atoms with Crippen LogP contribution in [0.3, 0.4) is 0 Å². The van der Waals surface area contributed by atoms with Gasteiger partial charge in [0.25, 0.3) is 0 Å². The Kier molecular flexibility index (Phi) is 4.52. The Labute approximate surface area is 121 Å². The highest BCUT2D eigenvalue weighted by molar-refractivity contribution is 6.42. The third-order valence-electron chi connectivity index (χ3n) is 2.65. The van der Waals surface area contributed by atoms with Gasteiger partial charge in [-0.1, -0.05) is 53.0 Å². The number of halogens is 3. The first-order valence-corrected chi connectivity index (χ1v) is 6.57. The fourth-order valence-electron chi connectivity index (χ4n) is 1.72. The first-order valence-electron chi connectivity index (χ1n) is 5.44. The van der Waals surface area contributed by atoms with E-state index in [-0.39, 0.29) is 0 Å². The third kappa shape index (κ3) is 3.39. The van der Waals surface area contributed by atoms with Crippen molar-refractivity contribution < 1.29 is 5.11 Å². The molecule has 0 saturated carbocycles. The second-order valence-electron chi connectivity index (χ2n) is 4.02. The summed E-state index contributed by atoms with van der Waals surface area (Å²) in [6.45, 7) is 0. The summed E-state index contributed by atoms with van der Waals surface area (Å²) in [5, 5.41) is 11.7. The minimum absolute atomic E-state index is 0.469. The van der Waals surface area contributed by atoms with Gasteiger partial charge in [-0.3, -0.25) is 0 Å². The molecule has 0 heterocycles. The summed E-state index contributed by atoms with van der Waals surface area (Å²) >= 11 is 17.7. The monoisotopic (exact) mass is 300 g/mol. The van der Waals surface area contributed by atoms with Crippen molar-refractivity contribution in [3.63, 3.8) is 0 Å². The summed E-state index contributed by atoms with van der Waals surface area (Å²) in [7, 11) is 0. The second kappa shape index (κ2) is 5.94. The van der Waals surface area contributed by atoms with Gasteiger partial charge in [0.05, 0.1) is 16.1 Å². The average Bonchev–Trinajstić information content (AvgIpc) is 2.34. The molecule has 0 aliphatic rings. The van der Waals surface area contributed by atoms with Gasteiger partial charge in [0.15, 0.2) is 0 Å². The van der Waals surface area contributed by atoms with E-state index in [0.29, 0.717) is 21.5 Å². The summed E-state index contributed by atoms with van der Waals surface area (Å²) in [4.78, 5) is 0. The number of hydrogen-bond donors (Lipinski definition) is 1. The van der Waals surface area contributed by atoms with Crippen molar-refractivity contribution in [2.45, 2.75) is 12.5 Å². The van der Waals surface area contributed by atoms with Crippen LogP contribution in [0.4, 0.5) is 0 Å². The summed E-state index contributed by atoms with van der Waals surface area (Å²) in [5.41, 5.74) is 1.71. The summed E-state index contributed by atoms with van der Waals surface area (Å²) in [6, 6.07) is 12.5. The van der Waals surface area contributed by atoms with E-state index in [4.69, 9.17) is 34.8 Å². The highest BCUT2D eigenvalue weighted by Crippen LogP contribution is 2.26. The number of aliphatic hydroxyl groups is 1. The lowest BCUT2D eigenvalue weighted by atomic mass is 10.0. The van der Waals surface area contributed by atoms with Crippen molar-refractivity contribution in [3.05, 3.63) is 68.7 Å². The van der Waals surface area contributed by atoms with E-state index in [9.17, 15) is 5.11 Å². The zero-order valence-corrected chi connectivity index (χ0v) is 11.7. The van der Waals surface area contributed by atoms with Crippen molar-refractivity contribution in [1.29, 1.82) is 0 Å². The van der Waals surface area contributed by atoms with Crippen LogP contribution < -0.4 is 0 Å². The van der Waals surface area contributed by atoms with Crippen molar-refractivity contribution in [3.8, 4) is 0 Å². The molecule has 0 radical (unpaired) electrons. The molecule has 0 bridgehead atoms. The van der Waals surface area contributed by atoms with Crippen LogP contribution in [0.15, 0.2) is 42.5 Å². The normalized spacial score (nSPS) is 12.4. The second-order valence-corrected chi connectivity index (χ2v) is 5.27. The molecule has 0 spiro atoms. The molecular weight excluding hydrogens is 291 g/mol. The fourth-order valence-corrected chi connectivity index (χ4v) is 2.24. The van der Waals surface area contributed by atoms with E-state index in [0.717, 1.165) is 11.1 Å². The Bertz CT molecular complexity index is 554. The Morgan fingerprint density at radius 1 is 0.944 bits per heavy atom. The van der Waals surface area contributed by atoms with Crippen molar-refractivity contribution in [1.82, 2.24) is 0 Å². The fraction of sp³-hybridized carbons (Fsp3) is 0.143. The molecule has 1 nitrogen and oxygen atoms in total. The van der Waals surface area contributed by atoms with Gasteiger partial charge in [-0.15, -0.1) is 0 Å². The van der Waals surface area contributed by atoms with Gasteiger partial charge in [-0.2, -0.15) is 0 Å². The lowest BCUT2D eigenvalue weighted by Crippen LogP contribution is -2.01. The molecule has 2 rings (SSSR count). The predicted molar refractivity (Wildman–Crippen MR) is 76.6 cm³/mol. The average molecular weight is 302 g/mol. The lowest BCUT2D eigenvalue weighted by molar-refractivity contribution is 0.178. The highest BCUT2D eigenvalue weighted by Gasteiger charge is 2.10. The summed E-state index contributed by atoms with van der Waals surface area (Å²) in [6.07, 6.45) is -0.141. The molecular formula is C14H11Cl3O. The molecule has 1 unspecified atom stereocenters. The molecule has 2 aromatic rings. The zero-order chi connectivity index (χ0) is 13.1. The first-order chi connectivity index (χ1) is 8.56. The molecule has 4 heteroatoms. The minimum atomic E-state index is -0.610. The first kappa shape index (κ1) is 13.7. The van der Waals surface area contributed by atoms with Crippen LogP contribution in [0, 0.1) is 0 Å². The maximum Gasteiger partial charge on any atom is 0.0830 e. The standard InChI is InChI=1S/C14H11Cl3O/c15-11-3-1-2-10(8-11)14(18)7-9-4-5-12(16)13(17)6-9/h1-6,8,14,18H,7H2. The Morgan fingerprint density at radius 2 is 1.72 bits per heavy atom. The van der Waals surface area contributed by atoms with Gasteiger partial charge < -0.3 is 5.11 Å². The van der Waals surface area contributed by atoms with Crippen LogP contribution in [0.1, 0.15) is 17.2 Å². The van der Waals surface area contributed by atoms with Crippen LogP contribution in [-0.4, -0.2) is 5.11 Å². The largest absolute Gasteiger partial charge is 0.388 e. The van der Waals surface area contributed by atoms with Gasteiger partial charge in [0.1, 0.15) is 0 Å². The smallest absolute Gasteiger partial charge is 0.0830 e. The highest BCUT2D eigenvalue weighted by atomic mass is 35.5. The van der Waals surface area contributed by atoms with E-state index >= 15 is 0 Å². The van der Waals surface area contributed by atoms with E-state index in [2.05, 4.69) is 0 Å². The number of hydrogen-bond acceptors (Lipinski definition) is 1. The molecule has 2 aromatic carbocycles. The van der Waals surface area contributed by atoms with Crippen molar-refractivity contribution >= 4 is 34.8 Å². The quantitative estimate of drug-likeness (QED) is 0.853. The minimum Gasteiger partial charge on any atom is -0.388 e. The van der Waals surface area contributed by atoms with E-state index < -0.39 is 6.10 Å². The molecule has 1 atom stereocenters. The van der Waals surface area contributed by atoms with Gasteiger partial charge in [0, 0.05) is 11.4 Å². The van der Waals surface area contributed by atoms with Crippen molar-refractivity contribution in [2.75, 3.05) is 0 Å². The topological polar surface area (TPSA) is 20.2 Å². The zero-order valence-electron chi connectivity index (χ0n) is 9.41. The molecule has 0 aliphatic carbocycles. The van der Waals surface area contributed by atoms with Crippen LogP contribution >= 0.6 is 34.8 Å². The molecule has 0 saturated heterocycles. The lowest BCUT2D eigenvalue weighted by Gasteiger charge is -2.12. The molecule has 0 aliphatic heterocycles. The predicted octanol–water partition coefficient (Wildman–Crippen LogP) is 4.92. The van der Waals surface area contributed by atoms with Gasteiger partial charge >= 0.3 is 0 Å². The van der Waals surface area contributed by atoms with Gasteiger partial charge in [-0.25, -0.2) is 0 Å². The van der Waals surface area contributed by atoms with Gasteiger partial charge in [-0.05, 0) is 35.4 Å².